The predicted molar refractivity (Wildman–Crippen MR) is 81.0 cm³/mol. The number of carbonyl (C=O) groups is 1. The van der Waals surface area contributed by atoms with Crippen LogP contribution in [0.2, 0.25) is 5.02 Å². The van der Waals surface area contributed by atoms with E-state index < -0.39 is 32.5 Å². The van der Waals surface area contributed by atoms with Crippen molar-refractivity contribution in [3.8, 4) is 0 Å². The highest BCUT2D eigenvalue weighted by molar-refractivity contribution is 7.92. The molecule has 0 radical (unpaired) electrons. The maximum Gasteiger partial charge on any atom is 0.328 e. The number of benzene rings is 1. The lowest BCUT2D eigenvalue weighted by Crippen LogP contribution is -2.41. The van der Waals surface area contributed by atoms with Gasteiger partial charge in [-0.3, -0.25) is 0 Å². The molecule has 3 unspecified atom stereocenters. The van der Waals surface area contributed by atoms with E-state index in [1.807, 2.05) is 0 Å². The number of halogens is 1. The molecule has 2 N–H and O–H groups in total. The summed E-state index contributed by atoms with van der Waals surface area (Å²) in [5.41, 5.74) is 5.22. The molecule has 1 aromatic rings. The molecule has 3 atom stereocenters. The van der Waals surface area contributed by atoms with Gasteiger partial charge >= 0.3 is 5.97 Å². The van der Waals surface area contributed by atoms with Crippen LogP contribution >= 0.6 is 11.6 Å². The minimum Gasteiger partial charge on any atom is -0.465 e. The van der Waals surface area contributed by atoms with Gasteiger partial charge in [0.1, 0.15) is 5.54 Å². The summed E-state index contributed by atoms with van der Waals surface area (Å²) in [4.78, 5) is 12.1. The summed E-state index contributed by atoms with van der Waals surface area (Å²) >= 11 is 5.94. The van der Waals surface area contributed by atoms with E-state index in [0.29, 0.717) is 10.6 Å². The van der Waals surface area contributed by atoms with Crippen LogP contribution < -0.4 is 5.73 Å². The molecule has 116 valence electrons. The largest absolute Gasteiger partial charge is 0.465 e. The summed E-state index contributed by atoms with van der Waals surface area (Å²) in [6.07, 6.45) is 0. The molecule has 0 saturated heterocycles. The molecule has 7 heteroatoms. The van der Waals surface area contributed by atoms with Crippen LogP contribution in [0.3, 0.4) is 0 Å². The van der Waals surface area contributed by atoms with Crippen molar-refractivity contribution in [3.63, 3.8) is 0 Å². The predicted octanol–water partition coefficient (Wildman–Crippen LogP) is 1.50. The van der Waals surface area contributed by atoms with E-state index in [9.17, 15) is 13.2 Å². The molecule has 0 aliphatic heterocycles. The standard InChI is InChI=1S/C14H18ClNO4S/c1-3-20-13(17)14(16)11(12(14)21(18,19)4-2)9-6-5-7-10(15)8-9/h5-8,11-12H,3-4,16H2,1-2H3. The van der Waals surface area contributed by atoms with Crippen LogP contribution in [0.15, 0.2) is 24.3 Å². The molecule has 1 fully saturated rings. The van der Waals surface area contributed by atoms with Crippen molar-refractivity contribution < 1.29 is 17.9 Å². The SMILES string of the molecule is CCOC(=O)C1(N)C(c2cccc(Cl)c2)C1S(=O)(=O)CC. The van der Waals surface area contributed by atoms with Gasteiger partial charge in [-0.2, -0.15) is 0 Å². The van der Waals surface area contributed by atoms with E-state index in [2.05, 4.69) is 0 Å². The van der Waals surface area contributed by atoms with E-state index in [-0.39, 0.29) is 12.4 Å². The molecule has 5 nitrogen and oxygen atoms in total. The molecule has 0 spiro atoms. The quantitative estimate of drug-likeness (QED) is 0.826. The van der Waals surface area contributed by atoms with Crippen LogP contribution in [-0.4, -0.2) is 37.5 Å². The molecule has 0 aromatic heterocycles. The van der Waals surface area contributed by atoms with Gasteiger partial charge in [-0.1, -0.05) is 30.7 Å². The number of rotatable bonds is 5. The number of carbonyl (C=O) groups excluding carboxylic acids is 1. The summed E-state index contributed by atoms with van der Waals surface area (Å²) in [6.45, 7) is 3.34. The Balaban J connectivity index is 2.45. The molecule has 21 heavy (non-hydrogen) atoms. The molecule has 1 aromatic carbocycles. The van der Waals surface area contributed by atoms with Gasteiger partial charge in [0.25, 0.3) is 0 Å². The first-order chi connectivity index (χ1) is 9.79. The fourth-order valence-electron chi connectivity index (χ4n) is 2.71. The normalized spacial score (nSPS) is 28.2. The summed E-state index contributed by atoms with van der Waals surface area (Å²) in [5, 5.41) is -0.495. The van der Waals surface area contributed by atoms with Crippen molar-refractivity contribution in [1.82, 2.24) is 0 Å². The van der Waals surface area contributed by atoms with Gasteiger partial charge in [-0.05, 0) is 24.6 Å². The topological polar surface area (TPSA) is 86.5 Å². The molecular weight excluding hydrogens is 314 g/mol. The molecule has 0 heterocycles. The summed E-state index contributed by atoms with van der Waals surface area (Å²) in [6, 6.07) is 6.75. The smallest absolute Gasteiger partial charge is 0.328 e. The van der Waals surface area contributed by atoms with Gasteiger partial charge in [0, 0.05) is 16.7 Å². The van der Waals surface area contributed by atoms with Gasteiger partial charge < -0.3 is 10.5 Å². The Morgan fingerprint density at radius 3 is 2.62 bits per heavy atom. The second kappa shape index (κ2) is 5.59. The number of sulfone groups is 1. The van der Waals surface area contributed by atoms with Crippen molar-refractivity contribution in [2.75, 3.05) is 12.4 Å². The first-order valence-corrected chi connectivity index (χ1v) is 8.81. The van der Waals surface area contributed by atoms with Gasteiger partial charge in [0.15, 0.2) is 9.84 Å². The van der Waals surface area contributed by atoms with Crippen LogP contribution in [0, 0.1) is 0 Å². The first kappa shape index (κ1) is 16.3. The monoisotopic (exact) mass is 331 g/mol. The summed E-state index contributed by atoms with van der Waals surface area (Å²) in [7, 11) is -3.48. The average molecular weight is 332 g/mol. The van der Waals surface area contributed by atoms with Crippen LogP contribution in [0.1, 0.15) is 25.3 Å². The number of nitrogens with two attached hydrogens (primary N) is 1. The minimum atomic E-state index is -3.48. The lowest BCUT2D eigenvalue weighted by Gasteiger charge is -2.11. The second-order valence-electron chi connectivity index (χ2n) is 5.06. The van der Waals surface area contributed by atoms with Crippen molar-refractivity contribution in [2.45, 2.75) is 30.6 Å². The molecule has 1 aliphatic rings. The fourth-order valence-corrected chi connectivity index (χ4v) is 4.82. The first-order valence-electron chi connectivity index (χ1n) is 6.72. The van der Waals surface area contributed by atoms with E-state index in [0.717, 1.165) is 0 Å². The van der Waals surface area contributed by atoms with Crippen molar-refractivity contribution in [1.29, 1.82) is 0 Å². The third-order valence-electron chi connectivity index (χ3n) is 3.81. The molecule has 2 rings (SSSR count). The lowest BCUT2D eigenvalue weighted by atomic mass is 10.1. The zero-order valence-corrected chi connectivity index (χ0v) is 13.4. The van der Waals surface area contributed by atoms with Crippen molar-refractivity contribution in [2.24, 2.45) is 5.73 Å². The second-order valence-corrected chi connectivity index (χ2v) is 7.91. The maximum absolute atomic E-state index is 12.2. The third kappa shape index (κ3) is 2.67. The molecule has 1 aliphatic carbocycles. The molecule has 1 saturated carbocycles. The lowest BCUT2D eigenvalue weighted by molar-refractivity contribution is -0.145. The van der Waals surface area contributed by atoms with Crippen molar-refractivity contribution in [3.05, 3.63) is 34.9 Å². The van der Waals surface area contributed by atoms with Gasteiger partial charge in [0.05, 0.1) is 11.9 Å². The van der Waals surface area contributed by atoms with Gasteiger partial charge in [0.2, 0.25) is 0 Å². The Hall–Kier alpha value is -1.11. The summed E-state index contributed by atoms with van der Waals surface area (Å²) in [5.74, 6) is -1.38. The zero-order valence-electron chi connectivity index (χ0n) is 11.9. The van der Waals surface area contributed by atoms with Crippen LogP contribution in [0.5, 0.6) is 0 Å². The Morgan fingerprint density at radius 1 is 1.43 bits per heavy atom. The Labute approximate surface area is 129 Å². The number of ether oxygens (including phenoxy) is 1. The maximum atomic E-state index is 12.2. The minimum absolute atomic E-state index is 0.0763. The third-order valence-corrected chi connectivity index (χ3v) is 6.28. The van der Waals surface area contributed by atoms with E-state index in [1.54, 1.807) is 31.2 Å². The fraction of sp³-hybridized carbons (Fsp3) is 0.500. The number of hydrogen-bond donors (Lipinski definition) is 1. The molecule has 0 bridgehead atoms. The van der Waals surface area contributed by atoms with E-state index in [1.165, 1.54) is 6.92 Å². The Morgan fingerprint density at radius 2 is 2.10 bits per heavy atom. The Bertz CT molecular complexity index is 661. The van der Waals surface area contributed by atoms with Crippen LogP contribution in [0.25, 0.3) is 0 Å². The molecular formula is C14H18ClNO4S. The average Bonchev–Trinajstić information content (AvgIpc) is 3.08. The highest BCUT2D eigenvalue weighted by atomic mass is 35.5. The van der Waals surface area contributed by atoms with Gasteiger partial charge in [-0.25, -0.2) is 13.2 Å². The number of esters is 1. The van der Waals surface area contributed by atoms with Crippen LogP contribution in [0.4, 0.5) is 0 Å². The number of hydrogen-bond acceptors (Lipinski definition) is 5. The molecule has 0 amide bonds. The summed E-state index contributed by atoms with van der Waals surface area (Å²) < 4.78 is 29.4. The van der Waals surface area contributed by atoms with E-state index in [4.69, 9.17) is 22.1 Å². The highest BCUT2D eigenvalue weighted by Gasteiger charge is 2.74. The van der Waals surface area contributed by atoms with E-state index >= 15 is 0 Å². The van der Waals surface area contributed by atoms with Crippen LogP contribution in [-0.2, 0) is 19.4 Å². The highest BCUT2D eigenvalue weighted by Crippen LogP contribution is 2.55. The Kier molecular flexibility index (Phi) is 4.33. The zero-order chi connectivity index (χ0) is 15.8. The van der Waals surface area contributed by atoms with Gasteiger partial charge in [-0.15, -0.1) is 0 Å². The van der Waals surface area contributed by atoms with Crippen molar-refractivity contribution >= 4 is 27.4 Å².